The Morgan fingerprint density at radius 1 is 1.07 bits per heavy atom. The van der Waals surface area contributed by atoms with E-state index in [0.29, 0.717) is 13.0 Å². The number of nitrogens with zero attached hydrogens (tertiary/aromatic N) is 4. The molecule has 0 aliphatic carbocycles. The van der Waals surface area contributed by atoms with E-state index in [1.807, 2.05) is 24.3 Å². The Balaban J connectivity index is 1.85. The van der Waals surface area contributed by atoms with E-state index in [-0.39, 0.29) is 11.4 Å². The molecule has 1 aromatic carbocycles. The van der Waals surface area contributed by atoms with Crippen molar-refractivity contribution in [1.29, 1.82) is 5.26 Å². The summed E-state index contributed by atoms with van der Waals surface area (Å²) in [7, 11) is 2.92. The van der Waals surface area contributed by atoms with Crippen LogP contribution in [-0.4, -0.2) is 20.2 Å². The molecule has 0 aliphatic rings. The first-order chi connectivity index (χ1) is 13.4. The van der Waals surface area contributed by atoms with E-state index in [0.717, 1.165) is 21.6 Å². The van der Waals surface area contributed by atoms with Crippen LogP contribution in [0.25, 0.3) is 5.69 Å². The second-order valence-corrected chi connectivity index (χ2v) is 6.79. The number of aromatic nitrogens is 3. The molecule has 0 saturated carbocycles. The monoisotopic (exact) mass is 377 g/mol. The minimum atomic E-state index is -0.588. The van der Waals surface area contributed by atoms with Crippen LogP contribution in [0.4, 0.5) is 5.82 Å². The van der Waals surface area contributed by atoms with E-state index in [2.05, 4.69) is 41.9 Å². The summed E-state index contributed by atoms with van der Waals surface area (Å²) in [6.07, 6.45) is 0.695. The van der Waals surface area contributed by atoms with Crippen LogP contribution in [-0.2, 0) is 20.5 Å². The van der Waals surface area contributed by atoms with E-state index in [1.54, 1.807) is 7.05 Å². The Labute approximate surface area is 163 Å². The standard InChI is InChI=1S/C21H23N5O2/c1-14-12-16(15(2)26(14)17-8-6-5-7-9-17)10-11-23-19-18(13-22)20(27)25(4)21(28)24(19)3/h5-9,12,23H,10-11H2,1-4H3. The number of rotatable bonds is 5. The predicted octanol–water partition coefficient (Wildman–Crippen LogP) is 2.02. The van der Waals surface area contributed by atoms with Crippen LogP contribution in [0.5, 0.6) is 0 Å². The maximum Gasteiger partial charge on any atom is 0.332 e. The number of hydrogen-bond acceptors (Lipinski definition) is 4. The molecule has 3 rings (SSSR count). The summed E-state index contributed by atoms with van der Waals surface area (Å²) in [6.45, 7) is 4.63. The fourth-order valence-corrected chi connectivity index (χ4v) is 3.52. The molecule has 2 aromatic heterocycles. The molecular formula is C21H23N5O2. The van der Waals surface area contributed by atoms with Gasteiger partial charge in [-0.25, -0.2) is 4.79 Å². The molecule has 0 radical (unpaired) electrons. The van der Waals surface area contributed by atoms with Crippen LogP contribution in [0, 0.1) is 25.2 Å². The lowest BCUT2D eigenvalue weighted by Crippen LogP contribution is -2.40. The van der Waals surface area contributed by atoms with Gasteiger partial charge in [-0.3, -0.25) is 13.9 Å². The fraction of sp³-hybridized carbons (Fsp3) is 0.286. The molecule has 0 atom stereocenters. The van der Waals surface area contributed by atoms with Crippen LogP contribution < -0.4 is 16.6 Å². The normalized spacial score (nSPS) is 10.7. The van der Waals surface area contributed by atoms with Crippen molar-refractivity contribution in [3.8, 4) is 11.8 Å². The van der Waals surface area contributed by atoms with Crippen LogP contribution in [0.3, 0.4) is 0 Å². The summed E-state index contributed by atoms with van der Waals surface area (Å²) in [5, 5.41) is 12.4. The molecule has 1 N–H and O–H groups in total. The molecule has 0 fully saturated rings. The Morgan fingerprint density at radius 2 is 1.75 bits per heavy atom. The lowest BCUT2D eigenvalue weighted by atomic mass is 10.1. The van der Waals surface area contributed by atoms with E-state index >= 15 is 0 Å². The zero-order chi connectivity index (χ0) is 20.4. The quantitative estimate of drug-likeness (QED) is 0.737. The molecule has 144 valence electrons. The molecule has 0 bridgehead atoms. The molecule has 28 heavy (non-hydrogen) atoms. The van der Waals surface area contributed by atoms with Gasteiger partial charge in [0.1, 0.15) is 11.9 Å². The summed E-state index contributed by atoms with van der Waals surface area (Å²) >= 11 is 0. The van der Waals surface area contributed by atoms with E-state index < -0.39 is 11.2 Å². The zero-order valence-electron chi connectivity index (χ0n) is 16.5. The van der Waals surface area contributed by atoms with Gasteiger partial charge in [0.05, 0.1) is 0 Å². The number of nitriles is 1. The molecule has 2 heterocycles. The highest BCUT2D eigenvalue weighted by molar-refractivity contribution is 5.51. The summed E-state index contributed by atoms with van der Waals surface area (Å²) in [5.41, 5.74) is 3.45. The molecule has 3 aromatic rings. The predicted molar refractivity (Wildman–Crippen MR) is 109 cm³/mol. The lowest BCUT2D eigenvalue weighted by Gasteiger charge is -2.14. The smallest absolute Gasteiger partial charge is 0.332 e. The summed E-state index contributed by atoms with van der Waals surface area (Å²) < 4.78 is 4.44. The van der Waals surface area contributed by atoms with Crippen molar-refractivity contribution in [1.82, 2.24) is 13.7 Å². The summed E-state index contributed by atoms with van der Waals surface area (Å²) in [4.78, 5) is 24.3. The van der Waals surface area contributed by atoms with Gasteiger partial charge in [-0.15, -0.1) is 0 Å². The van der Waals surface area contributed by atoms with Gasteiger partial charge in [0.25, 0.3) is 5.56 Å². The van der Waals surface area contributed by atoms with Crippen molar-refractivity contribution < 1.29 is 0 Å². The molecule has 0 amide bonds. The van der Waals surface area contributed by atoms with Crippen LogP contribution in [0.15, 0.2) is 46.0 Å². The third kappa shape index (κ3) is 3.25. The average Bonchev–Trinajstić information content (AvgIpc) is 2.98. The topological polar surface area (TPSA) is 84.8 Å². The van der Waals surface area contributed by atoms with Crippen molar-refractivity contribution in [2.75, 3.05) is 11.9 Å². The fourth-order valence-electron chi connectivity index (χ4n) is 3.52. The zero-order valence-corrected chi connectivity index (χ0v) is 16.5. The highest BCUT2D eigenvalue weighted by Gasteiger charge is 2.16. The number of anilines is 1. The number of para-hydroxylation sites is 1. The first-order valence-electron chi connectivity index (χ1n) is 9.04. The van der Waals surface area contributed by atoms with Gasteiger partial charge in [0, 0.05) is 37.7 Å². The van der Waals surface area contributed by atoms with E-state index in [1.165, 1.54) is 17.2 Å². The van der Waals surface area contributed by atoms with Crippen LogP contribution in [0.1, 0.15) is 22.5 Å². The van der Waals surface area contributed by atoms with Crippen molar-refractivity contribution in [2.24, 2.45) is 14.1 Å². The number of hydrogen-bond donors (Lipinski definition) is 1. The van der Waals surface area contributed by atoms with Gasteiger partial charge >= 0.3 is 5.69 Å². The summed E-state index contributed by atoms with van der Waals surface area (Å²) in [5.74, 6) is 0.257. The highest BCUT2D eigenvalue weighted by atomic mass is 16.2. The van der Waals surface area contributed by atoms with Crippen molar-refractivity contribution in [3.63, 3.8) is 0 Å². The van der Waals surface area contributed by atoms with Gasteiger partial charge in [-0.05, 0) is 44.0 Å². The Bertz CT molecular complexity index is 1180. The average molecular weight is 377 g/mol. The molecular weight excluding hydrogens is 354 g/mol. The molecule has 0 spiro atoms. The SMILES string of the molecule is Cc1cc(CCNc2c(C#N)c(=O)n(C)c(=O)n2C)c(C)n1-c1ccccc1. The van der Waals surface area contributed by atoms with Crippen LogP contribution in [0.2, 0.25) is 0 Å². The molecule has 7 heteroatoms. The van der Waals surface area contributed by atoms with Crippen LogP contribution >= 0.6 is 0 Å². The number of aryl methyl sites for hydroxylation is 1. The van der Waals surface area contributed by atoms with Crippen molar-refractivity contribution >= 4 is 5.82 Å². The van der Waals surface area contributed by atoms with Gasteiger partial charge < -0.3 is 9.88 Å². The van der Waals surface area contributed by atoms with Gasteiger partial charge in [-0.2, -0.15) is 5.26 Å². The molecule has 0 unspecified atom stereocenters. The Hall–Kier alpha value is -3.53. The largest absolute Gasteiger partial charge is 0.370 e. The van der Waals surface area contributed by atoms with Gasteiger partial charge in [0.2, 0.25) is 0 Å². The first kappa shape index (κ1) is 19.2. The highest BCUT2D eigenvalue weighted by Crippen LogP contribution is 2.21. The molecule has 7 nitrogen and oxygen atoms in total. The van der Waals surface area contributed by atoms with Crippen molar-refractivity contribution in [2.45, 2.75) is 20.3 Å². The maximum atomic E-state index is 12.2. The van der Waals surface area contributed by atoms with E-state index in [9.17, 15) is 14.9 Å². The van der Waals surface area contributed by atoms with Gasteiger partial charge in [0.15, 0.2) is 5.56 Å². The minimum Gasteiger partial charge on any atom is -0.370 e. The maximum absolute atomic E-state index is 12.2. The Morgan fingerprint density at radius 3 is 2.39 bits per heavy atom. The number of nitrogens with one attached hydrogen (secondary N) is 1. The first-order valence-corrected chi connectivity index (χ1v) is 9.04. The van der Waals surface area contributed by atoms with Crippen molar-refractivity contribution in [3.05, 3.63) is 79.8 Å². The molecule has 0 saturated heterocycles. The second kappa shape index (κ2) is 7.61. The summed E-state index contributed by atoms with van der Waals surface area (Å²) in [6, 6.07) is 14.2. The number of benzene rings is 1. The third-order valence-corrected chi connectivity index (χ3v) is 5.01. The lowest BCUT2D eigenvalue weighted by molar-refractivity contribution is 0.685. The third-order valence-electron chi connectivity index (χ3n) is 5.01. The minimum absolute atomic E-state index is 0.0561. The molecule has 0 aliphatic heterocycles. The van der Waals surface area contributed by atoms with Gasteiger partial charge in [-0.1, -0.05) is 18.2 Å². The van der Waals surface area contributed by atoms with E-state index in [4.69, 9.17) is 0 Å². The second-order valence-electron chi connectivity index (χ2n) is 6.79. The Kier molecular flexibility index (Phi) is 5.23.